The fourth-order valence-electron chi connectivity index (χ4n) is 1.47. The van der Waals surface area contributed by atoms with Crippen LogP contribution in [0.2, 0.25) is 5.15 Å². The van der Waals surface area contributed by atoms with E-state index in [1.54, 1.807) is 18.5 Å². The van der Waals surface area contributed by atoms with E-state index in [-0.39, 0.29) is 16.5 Å². The van der Waals surface area contributed by atoms with Crippen LogP contribution in [-0.2, 0) is 4.74 Å². The predicted molar refractivity (Wildman–Crippen MR) is 69.6 cm³/mol. The Morgan fingerprint density at radius 3 is 2.74 bits per heavy atom. The van der Waals surface area contributed by atoms with Gasteiger partial charge in [-0.25, -0.2) is 9.78 Å². The summed E-state index contributed by atoms with van der Waals surface area (Å²) in [4.78, 5) is 19.4. The highest BCUT2D eigenvalue weighted by atomic mass is 35.5. The van der Waals surface area contributed by atoms with E-state index in [0.29, 0.717) is 5.75 Å². The lowest BCUT2D eigenvalue weighted by Crippen LogP contribution is -2.04. The van der Waals surface area contributed by atoms with Crippen molar-refractivity contribution in [2.45, 2.75) is 6.92 Å². The molecule has 0 unspecified atom stereocenters. The number of halogens is 1. The third-order valence-electron chi connectivity index (χ3n) is 2.32. The van der Waals surface area contributed by atoms with Crippen LogP contribution in [0, 0.1) is 6.92 Å². The van der Waals surface area contributed by atoms with Crippen LogP contribution in [0.5, 0.6) is 11.5 Å². The third kappa shape index (κ3) is 3.20. The minimum Gasteiger partial charge on any atom is -0.465 e. The van der Waals surface area contributed by atoms with E-state index in [9.17, 15) is 4.79 Å². The van der Waals surface area contributed by atoms with Gasteiger partial charge in [0.1, 0.15) is 22.2 Å². The van der Waals surface area contributed by atoms with Crippen molar-refractivity contribution in [3.63, 3.8) is 0 Å². The molecule has 0 radical (unpaired) electrons. The molecule has 0 aliphatic rings. The largest absolute Gasteiger partial charge is 0.465 e. The molecule has 0 fully saturated rings. The number of nitrogens with zero attached hydrogens (tertiary/aromatic N) is 2. The minimum absolute atomic E-state index is 0.202. The summed E-state index contributed by atoms with van der Waals surface area (Å²) in [5.41, 5.74) is 1.14. The third-order valence-corrected chi connectivity index (χ3v) is 2.52. The van der Waals surface area contributed by atoms with Gasteiger partial charge in [-0.05, 0) is 18.6 Å². The summed E-state index contributed by atoms with van der Waals surface area (Å²) < 4.78 is 10.3. The molecule has 0 atom stereocenters. The zero-order chi connectivity index (χ0) is 13.8. The highest BCUT2D eigenvalue weighted by molar-refractivity contribution is 6.29. The van der Waals surface area contributed by atoms with Crippen LogP contribution in [0.4, 0.5) is 0 Å². The molecule has 0 saturated carbocycles. The average Bonchev–Trinajstić information content (AvgIpc) is 2.38. The van der Waals surface area contributed by atoms with Crippen molar-refractivity contribution in [1.82, 2.24) is 9.97 Å². The summed E-state index contributed by atoms with van der Waals surface area (Å²) >= 11 is 5.80. The molecule has 2 aromatic rings. The topological polar surface area (TPSA) is 61.3 Å². The van der Waals surface area contributed by atoms with Gasteiger partial charge in [-0.15, -0.1) is 0 Å². The number of ether oxygens (including phenoxy) is 2. The molecule has 2 rings (SSSR count). The number of aryl methyl sites for hydroxylation is 1. The SMILES string of the molecule is COC(=O)c1cnc(Cl)cc1Oc1cncc(C)c1. The molecule has 2 aromatic heterocycles. The number of esters is 1. The van der Waals surface area contributed by atoms with E-state index in [0.717, 1.165) is 5.56 Å². The lowest BCUT2D eigenvalue weighted by molar-refractivity contribution is 0.0597. The maximum absolute atomic E-state index is 11.6. The quantitative estimate of drug-likeness (QED) is 0.638. The van der Waals surface area contributed by atoms with Crippen molar-refractivity contribution < 1.29 is 14.3 Å². The number of methoxy groups -OCH3 is 1. The van der Waals surface area contributed by atoms with E-state index >= 15 is 0 Å². The second-order valence-electron chi connectivity index (χ2n) is 3.79. The zero-order valence-electron chi connectivity index (χ0n) is 10.4. The lowest BCUT2D eigenvalue weighted by Gasteiger charge is -2.09. The van der Waals surface area contributed by atoms with Crippen LogP contribution in [0.3, 0.4) is 0 Å². The monoisotopic (exact) mass is 278 g/mol. The number of carbonyl (C=O) groups excluding carboxylic acids is 1. The Morgan fingerprint density at radius 1 is 1.26 bits per heavy atom. The summed E-state index contributed by atoms with van der Waals surface area (Å²) in [5, 5.41) is 0.225. The molecule has 0 amide bonds. The first-order valence-corrected chi connectivity index (χ1v) is 5.81. The van der Waals surface area contributed by atoms with Crippen molar-refractivity contribution in [1.29, 1.82) is 0 Å². The molecule has 0 aliphatic heterocycles. The molecule has 6 heteroatoms. The maximum atomic E-state index is 11.6. The van der Waals surface area contributed by atoms with Crippen LogP contribution < -0.4 is 4.74 Å². The van der Waals surface area contributed by atoms with Gasteiger partial charge in [0.2, 0.25) is 0 Å². The van der Waals surface area contributed by atoms with Gasteiger partial charge in [-0.2, -0.15) is 0 Å². The first kappa shape index (κ1) is 13.3. The standard InChI is InChI=1S/C13H11ClN2O3/c1-8-3-9(6-15-5-8)19-11-4-12(14)16-7-10(11)13(17)18-2/h3-7H,1-2H3. The Morgan fingerprint density at radius 2 is 2.05 bits per heavy atom. The first-order valence-electron chi connectivity index (χ1n) is 5.43. The Labute approximate surface area is 115 Å². The van der Waals surface area contributed by atoms with Crippen molar-refractivity contribution in [3.05, 3.63) is 47.0 Å². The molecule has 0 aromatic carbocycles. The van der Waals surface area contributed by atoms with Gasteiger partial charge in [-0.1, -0.05) is 11.6 Å². The van der Waals surface area contributed by atoms with Crippen molar-refractivity contribution in [2.24, 2.45) is 0 Å². The van der Waals surface area contributed by atoms with E-state index in [1.807, 2.05) is 6.92 Å². The van der Waals surface area contributed by atoms with Gasteiger partial charge < -0.3 is 9.47 Å². The molecule has 19 heavy (non-hydrogen) atoms. The Kier molecular flexibility index (Phi) is 3.97. The summed E-state index contributed by atoms with van der Waals surface area (Å²) in [7, 11) is 1.29. The number of pyridine rings is 2. The van der Waals surface area contributed by atoms with Gasteiger partial charge >= 0.3 is 5.97 Å². The predicted octanol–water partition coefficient (Wildman–Crippen LogP) is 3.02. The van der Waals surface area contributed by atoms with Crippen LogP contribution >= 0.6 is 11.6 Å². The number of rotatable bonds is 3. The molecular formula is C13H11ClN2O3. The molecular weight excluding hydrogens is 268 g/mol. The summed E-state index contributed by atoms with van der Waals surface area (Å²) in [5.74, 6) is 0.242. The van der Waals surface area contributed by atoms with Gasteiger partial charge in [0, 0.05) is 18.5 Å². The fraction of sp³-hybridized carbons (Fsp3) is 0.154. The number of aromatic nitrogens is 2. The average molecular weight is 279 g/mol. The fourth-order valence-corrected chi connectivity index (χ4v) is 1.62. The van der Waals surface area contributed by atoms with E-state index in [4.69, 9.17) is 16.3 Å². The lowest BCUT2D eigenvalue weighted by atomic mass is 10.2. The molecule has 0 saturated heterocycles. The first-order chi connectivity index (χ1) is 9.10. The van der Waals surface area contributed by atoms with Crippen LogP contribution in [0.25, 0.3) is 0 Å². The Bertz CT molecular complexity index is 617. The molecule has 5 nitrogen and oxygen atoms in total. The number of hydrogen-bond donors (Lipinski definition) is 0. The van der Waals surface area contributed by atoms with E-state index < -0.39 is 5.97 Å². The van der Waals surface area contributed by atoms with Crippen molar-refractivity contribution >= 4 is 17.6 Å². The highest BCUT2D eigenvalue weighted by Gasteiger charge is 2.15. The summed E-state index contributed by atoms with van der Waals surface area (Å²) in [6.07, 6.45) is 4.56. The highest BCUT2D eigenvalue weighted by Crippen LogP contribution is 2.27. The van der Waals surface area contributed by atoms with Gasteiger partial charge in [0.15, 0.2) is 0 Å². The van der Waals surface area contributed by atoms with Gasteiger partial charge in [-0.3, -0.25) is 4.98 Å². The Balaban J connectivity index is 2.38. The molecule has 0 aliphatic carbocycles. The smallest absolute Gasteiger partial charge is 0.343 e. The number of carbonyl (C=O) groups is 1. The van der Waals surface area contributed by atoms with Crippen LogP contribution in [-0.4, -0.2) is 23.0 Å². The second-order valence-corrected chi connectivity index (χ2v) is 4.18. The molecule has 2 heterocycles. The van der Waals surface area contributed by atoms with Crippen LogP contribution in [0.1, 0.15) is 15.9 Å². The number of hydrogen-bond acceptors (Lipinski definition) is 5. The van der Waals surface area contributed by atoms with E-state index in [1.165, 1.54) is 19.4 Å². The van der Waals surface area contributed by atoms with Crippen LogP contribution in [0.15, 0.2) is 30.7 Å². The molecule has 0 spiro atoms. The molecule has 0 bridgehead atoms. The van der Waals surface area contributed by atoms with Gasteiger partial charge in [0.25, 0.3) is 0 Å². The minimum atomic E-state index is -0.542. The van der Waals surface area contributed by atoms with E-state index in [2.05, 4.69) is 14.7 Å². The normalized spacial score (nSPS) is 10.1. The Hall–Kier alpha value is -2.14. The summed E-state index contributed by atoms with van der Waals surface area (Å²) in [6, 6.07) is 3.25. The van der Waals surface area contributed by atoms with Crippen molar-refractivity contribution in [3.8, 4) is 11.5 Å². The van der Waals surface area contributed by atoms with Gasteiger partial charge in [0.05, 0.1) is 13.3 Å². The zero-order valence-corrected chi connectivity index (χ0v) is 11.1. The molecule has 0 N–H and O–H groups in total. The molecule has 98 valence electrons. The van der Waals surface area contributed by atoms with Crippen molar-refractivity contribution in [2.75, 3.05) is 7.11 Å². The maximum Gasteiger partial charge on any atom is 0.343 e. The second kappa shape index (κ2) is 5.67. The summed E-state index contributed by atoms with van der Waals surface area (Å²) in [6.45, 7) is 1.89.